The minimum Gasteiger partial charge on any atom is -0.310 e. The standard InChI is InChI=1S/C15H19BrClN/c1-18-15(11-7-4-2-3-5-8-11)12-9-6-10-13(16)14(12)17/h6-7,9-10,15,18H,2-5,8H2,1H3. The molecule has 1 aliphatic carbocycles. The average Bonchev–Trinajstić information content (AvgIpc) is 2.64. The van der Waals surface area contributed by atoms with Gasteiger partial charge in [-0.2, -0.15) is 0 Å². The lowest BCUT2D eigenvalue weighted by atomic mass is 9.95. The highest BCUT2D eigenvalue weighted by Gasteiger charge is 2.19. The molecule has 0 saturated carbocycles. The summed E-state index contributed by atoms with van der Waals surface area (Å²) in [6, 6.07) is 6.39. The molecule has 1 N–H and O–H groups in total. The Bertz CT molecular complexity index is 442. The van der Waals surface area contributed by atoms with Crippen LogP contribution in [0.3, 0.4) is 0 Å². The highest BCUT2D eigenvalue weighted by Crippen LogP contribution is 2.35. The van der Waals surface area contributed by atoms with E-state index in [1.54, 1.807) is 0 Å². The van der Waals surface area contributed by atoms with Crippen LogP contribution in [0.2, 0.25) is 5.02 Å². The number of benzene rings is 1. The SMILES string of the molecule is CNC(C1=CCCCCC1)c1cccc(Br)c1Cl. The summed E-state index contributed by atoms with van der Waals surface area (Å²) >= 11 is 9.92. The van der Waals surface area contributed by atoms with Gasteiger partial charge in [0.2, 0.25) is 0 Å². The molecule has 1 atom stereocenters. The van der Waals surface area contributed by atoms with Gasteiger partial charge in [0.25, 0.3) is 0 Å². The molecule has 0 spiro atoms. The Balaban J connectivity index is 2.32. The maximum absolute atomic E-state index is 6.41. The molecular formula is C15H19BrClN. The first-order chi connectivity index (χ1) is 8.74. The molecule has 18 heavy (non-hydrogen) atoms. The summed E-state index contributed by atoms with van der Waals surface area (Å²) in [6.45, 7) is 0. The largest absolute Gasteiger partial charge is 0.310 e. The first-order valence-corrected chi connectivity index (χ1v) is 7.71. The molecule has 98 valence electrons. The third-order valence-electron chi connectivity index (χ3n) is 3.53. The van der Waals surface area contributed by atoms with Crippen molar-refractivity contribution in [2.24, 2.45) is 0 Å². The second kappa shape index (κ2) is 6.74. The maximum atomic E-state index is 6.41. The van der Waals surface area contributed by atoms with Crippen LogP contribution in [0.5, 0.6) is 0 Å². The minimum absolute atomic E-state index is 0.244. The Kier molecular flexibility index (Phi) is 5.28. The molecule has 0 bridgehead atoms. The van der Waals surface area contributed by atoms with Crippen molar-refractivity contribution in [1.29, 1.82) is 0 Å². The summed E-state index contributed by atoms with van der Waals surface area (Å²) in [7, 11) is 2.01. The highest BCUT2D eigenvalue weighted by molar-refractivity contribution is 9.10. The van der Waals surface area contributed by atoms with Crippen LogP contribution in [0.25, 0.3) is 0 Å². The number of allylic oxidation sites excluding steroid dienone is 1. The van der Waals surface area contributed by atoms with Gasteiger partial charge in [-0.25, -0.2) is 0 Å². The van der Waals surface area contributed by atoms with E-state index in [1.165, 1.54) is 43.2 Å². The van der Waals surface area contributed by atoms with E-state index in [1.807, 2.05) is 19.2 Å². The Labute approximate surface area is 123 Å². The smallest absolute Gasteiger partial charge is 0.0599 e. The number of hydrogen-bond donors (Lipinski definition) is 1. The first-order valence-electron chi connectivity index (χ1n) is 6.54. The van der Waals surface area contributed by atoms with E-state index in [4.69, 9.17) is 11.6 Å². The third kappa shape index (κ3) is 3.17. The van der Waals surface area contributed by atoms with Crippen molar-refractivity contribution in [3.05, 3.63) is 44.9 Å². The molecule has 1 aliphatic rings. The molecule has 0 amide bonds. The second-order valence-electron chi connectivity index (χ2n) is 4.74. The van der Waals surface area contributed by atoms with Gasteiger partial charge in [-0.05, 0) is 60.3 Å². The number of hydrogen-bond acceptors (Lipinski definition) is 1. The van der Waals surface area contributed by atoms with E-state index in [9.17, 15) is 0 Å². The van der Waals surface area contributed by atoms with Crippen LogP contribution in [0.4, 0.5) is 0 Å². The van der Waals surface area contributed by atoms with Crippen LogP contribution in [-0.2, 0) is 0 Å². The molecule has 0 fully saturated rings. The van der Waals surface area contributed by atoms with E-state index >= 15 is 0 Å². The molecule has 3 heteroatoms. The molecular weight excluding hydrogens is 310 g/mol. The van der Waals surface area contributed by atoms with Gasteiger partial charge in [0.15, 0.2) is 0 Å². The molecule has 1 aromatic rings. The fourth-order valence-corrected chi connectivity index (χ4v) is 3.20. The van der Waals surface area contributed by atoms with Gasteiger partial charge in [-0.15, -0.1) is 0 Å². The lowest BCUT2D eigenvalue weighted by molar-refractivity contribution is 0.628. The summed E-state index contributed by atoms with van der Waals surface area (Å²) in [5.41, 5.74) is 2.65. The number of nitrogens with one attached hydrogen (secondary N) is 1. The zero-order valence-corrected chi connectivity index (χ0v) is 13.0. The molecule has 0 heterocycles. The number of rotatable bonds is 3. The van der Waals surface area contributed by atoms with Crippen LogP contribution in [-0.4, -0.2) is 7.05 Å². The number of halogens is 2. The topological polar surface area (TPSA) is 12.0 Å². The Morgan fingerprint density at radius 3 is 2.89 bits per heavy atom. The average molecular weight is 329 g/mol. The lowest BCUT2D eigenvalue weighted by Crippen LogP contribution is -2.19. The zero-order chi connectivity index (χ0) is 13.0. The quantitative estimate of drug-likeness (QED) is 0.747. The van der Waals surface area contributed by atoms with Crippen molar-refractivity contribution < 1.29 is 0 Å². The maximum Gasteiger partial charge on any atom is 0.0599 e. The van der Waals surface area contributed by atoms with Crippen molar-refractivity contribution in [3.63, 3.8) is 0 Å². The Morgan fingerprint density at radius 2 is 2.11 bits per heavy atom. The van der Waals surface area contributed by atoms with Gasteiger partial charge in [-0.1, -0.05) is 41.8 Å². The fraction of sp³-hybridized carbons (Fsp3) is 0.467. The van der Waals surface area contributed by atoms with E-state index in [-0.39, 0.29) is 6.04 Å². The summed E-state index contributed by atoms with van der Waals surface area (Å²) in [4.78, 5) is 0. The molecule has 1 aromatic carbocycles. The van der Waals surface area contributed by atoms with E-state index < -0.39 is 0 Å². The predicted octanol–water partition coefficient (Wildman–Crippen LogP) is 5.25. The Hall–Kier alpha value is -0.310. The zero-order valence-electron chi connectivity index (χ0n) is 10.7. The van der Waals surface area contributed by atoms with Gasteiger partial charge >= 0.3 is 0 Å². The summed E-state index contributed by atoms with van der Waals surface area (Å²) < 4.78 is 0.969. The summed E-state index contributed by atoms with van der Waals surface area (Å²) in [6.07, 6.45) is 8.70. The van der Waals surface area contributed by atoms with Crippen molar-refractivity contribution in [3.8, 4) is 0 Å². The fourth-order valence-electron chi connectivity index (χ4n) is 2.59. The van der Waals surface area contributed by atoms with Gasteiger partial charge in [0.1, 0.15) is 0 Å². The minimum atomic E-state index is 0.244. The molecule has 0 radical (unpaired) electrons. The van der Waals surface area contributed by atoms with Gasteiger partial charge in [0, 0.05) is 4.47 Å². The molecule has 0 saturated heterocycles. The number of likely N-dealkylation sites (N-methyl/N-ethyl adjacent to an activating group) is 1. The first kappa shape index (κ1) is 14.1. The van der Waals surface area contributed by atoms with E-state index in [0.29, 0.717) is 0 Å². The summed E-state index contributed by atoms with van der Waals surface area (Å²) in [5, 5.41) is 4.23. The van der Waals surface area contributed by atoms with Crippen molar-refractivity contribution >= 4 is 27.5 Å². The Morgan fingerprint density at radius 1 is 1.28 bits per heavy atom. The van der Waals surface area contributed by atoms with Gasteiger partial charge in [0.05, 0.1) is 11.1 Å². The highest BCUT2D eigenvalue weighted by atomic mass is 79.9. The van der Waals surface area contributed by atoms with Crippen molar-refractivity contribution in [1.82, 2.24) is 5.32 Å². The molecule has 1 unspecified atom stereocenters. The van der Waals surface area contributed by atoms with E-state index in [0.717, 1.165) is 9.50 Å². The van der Waals surface area contributed by atoms with Gasteiger partial charge in [-0.3, -0.25) is 0 Å². The van der Waals surface area contributed by atoms with Crippen LogP contribution in [0, 0.1) is 0 Å². The third-order valence-corrected chi connectivity index (χ3v) is 4.84. The monoisotopic (exact) mass is 327 g/mol. The van der Waals surface area contributed by atoms with Crippen LogP contribution < -0.4 is 5.32 Å². The second-order valence-corrected chi connectivity index (χ2v) is 5.98. The molecule has 2 rings (SSSR count). The molecule has 0 aromatic heterocycles. The summed E-state index contributed by atoms with van der Waals surface area (Å²) in [5.74, 6) is 0. The van der Waals surface area contributed by atoms with Crippen LogP contribution in [0.1, 0.15) is 43.7 Å². The van der Waals surface area contributed by atoms with Crippen LogP contribution in [0.15, 0.2) is 34.3 Å². The van der Waals surface area contributed by atoms with Gasteiger partial charge < -0.3 is 5.32 Å². The lowest BCUT2D eigenvalue weighted by Gasteiger charge is -2.21. The van der Waals surface area contributed by atoms with Crippen molar-refractivity contribution in [2.75, 3.05) is 7.05 Å². The molecule has 0 aliphatic heterocycles. The van der Waals surface area contributed by atoms with Crippen LogP contribution >= 0.6 is 27.5 Å². The normalized spacial score (nSPS) is 18.1. The predicted molar refractivity (Wildman–Crippen MR) is 82.1 cm³/mol. The van der Waals surface area contributed by atoms with E-state index in [2.05, 4.69) is 33.4 Å². The molecule has 1 nitrogen and oxygen atoms in total. The van der Waals surface area contributed by atoms with Crippen molar-refractivity contribution in [2.45, 2.75) is 38.1 Å².